The van der Waals surface area contributed by atoms with Crippen molar-refractivity contribution in [3.8, 4) is 0 Å². The summed E-state index contributed by atoms with van der Waals surface area (Å²) in [6.45, 7) is 0. The lowest BCUT2D eigenvalue weighted by Crippen LogP contribution is -2.31. The van der Waals surface area contributed by atoms with Crippen LogP contribution in [0.1, 0.15) is 6.42 Å². The van der Waals surface area contributed by atoms with Crippen LogP contribution in [0.15, 0.2) is 12.2 Å². The van der Waals surface area contributed by atoms with E-state index in [0.29, 0.717) is 0 Å². The van der Waals surface area contributed by atoms with Crippen LogP contribution in [0, 0.1) is 23.7 Å². The Morgan fingerprint density at radius 2 is 1.71 bits per heavy atom. The number of allylic oxidation sites excluding steroid dienone is 2. The van der Waals surface area contributed by atoms with Crippen molar-refractivity contribution in [2.24, 2.45) is 23.7 Å². The van der Waals surface area contributed by atoms with E-state index >= 15 is 0 Å². The van der Waals surface area contributed by atoms with Gasteiger partial charge in [-0.15, -0.1) is 0 Å². The predicted octanol–water partition coefficient (Wildman–Crippen LogP) is 0.355. The molecule has 1 saturated heterocycles. The highest BCUT2D eigenvalue weighted by molar-refractivity contribution is 6.05. The number of carbonyl (C=O) groups is 2. The second-order valence-electron chi connectivity index (χ2n) is 4.15. The van der Waals surface area contributed by atoms with Gasteiger partial charge in [-0.25, -0.2) is 0 Å². The number of fused-ring (bicyclic) bond motifs is 5. The van der Waals surface area contributed by atoms with Crippen molar-refractivity contribution in [1.82, 2.24) is 5.06 Å². The molecule has 1 saturated carbocycles. The monoisotopic (exact) mass is 193 g/mol. The van der Waals surface area contributed by atoms with Crippen molar-refractivity contribution in [3.05, 3.63) is 12.2 Å². The molecule has 3 rings (SSSR count). The Hall–Kier alpha value is -1.16. The van der Waals surface area contributed by atoms with Gasteiger partial charge in [0.2, 0.25) is 0 Å². The molecule has 4 atom stereocenters. The SMILES string of the molecule is CON1C(=O)[C@@H]2[C@@H](C1=O)[C@H]1C=C[C@H]2C1. The molecule has 4 nitrogen and oxygen atoms in total. The average Bonchev–Trinajstić information content (AvgIpc) is 2.80. The van der Waals surface area contributed by atoms with Crippen molar-refractivity contribution in [1.29, 1.82) is 0 Å². The van der Waals surface area contributed by atoms with Crippen molar-refractivity contribution in [2.75, 3.05) is 7.11 Å². The highest BCUT2D eigenvalue weighted by Gasteiger charge is 2.59. The summed E-state index contributed by atoms with van der Waals surface area (Å²) in [5.74, 6) is -0.0585. The molecule has 1 heterocycles. The summed E-state index contributed by atoms with van der Waals surface area (Å²) in [6, 6.07) is 0. The Bertz CT molecular complexity index is 319. The molecule has 2 fully saturated rings. The van der Waals surface area contributed by atoms with E-state index in [-0.39, 0.29) is 35.5 Å². The number of hydrogen-bond donors (Lipinski definition) is 0. The molecular formula is C10H11NO3. The van der Waals surface area contributed by atoms with Crippen LogP contribution in [0.2, 0.25) is 0 Å². The lowest BCUT2D eigenvalue weighted by atomic mass is 9.85. The van der Waals surface area contributed by atoms with Gasteiger partial charge in [0.05, 0.1) is 18.9 Å². The first-order valence-corrected chi connectivity index (χ1v) is 4.84. The van der Waals surface area contributed by atoms with E-state index < -0.39 is 0 Å². The van der Waals surface area contributed by atoms with Crippen molar-refractivity contribution in [2.45, 2.75) is 6.42 Å². The number of amides is 2. The number of nitrogens with zero attached hydrogens (tertiary/aromatic N) is 1. The standard InChI is InChI=1S/C10H11NO3/c1-14-11-9(12)7-5-2-3-6(4-5)8(7)10(11)13/h2-3,5-8H,4H2,1H3/t5-,6-,7-,8-/m0/s1. The number of hydrogen-bond acceptors (Lipinski definition) is 3. The van der Waals surface area contributed by atoms with Crippen LogP contribution in [-0.2, 0) is 14.4 Å². The third-order valence-electron chi connectivity index (χ3n) is 3.61. The third kappa shape index (κ3) is 0.733. The molecule has 0 unspecified atom stereocenters. The molecule has 0 N–H and O–H groups in total. The minimum absolute atomic E-state index is 0.141. The van der Waals surface area contributed by atoms with Gasteiger partial charge >= 0.3 is 0 Å². The Kier molecular flexibility index (Phi) is 1.43. The first-order chi connectivity index (χ1) is 6.74. The zero-order valence-electron chi connectivity index (χ0n) is 7.84. The van der Waals surface area contributed by atoms with Crippen LogP contribution in [0.3, 0.4) is 0 Å². The number of imide groups is 1. The summed E-state index contributed by atoms with van der Waals surface area (Å²) >= 11 is 0. The van der Waals surface area contributed by atoms with Gasteiger partial charge in [0.15, 0.2) is 0 Å². The Morgan fingerprint density at radius 1 is 1.21 bits per heavy atom. The Balaban J connectivity index is 2.02. The van der Waals surface area contributed by atoms with Gasteiger partial charge < -0.3 is 0 Å². The number of rotatable bonds is 1. The fourth-order valence-corrected chi connectivity index (χ4v) is 3.05. The van der Waals surface area contributed by atoms with Gasteiger partial charge in [-0.3, -0.25) is 14.4 Å². The number of carbonyl (C=O) groups excluding carboxylic acids is 2. The minimum Gasteiger partial charge on any atom is -0.272 e. The Labute approximate surface area is 81.5 Å². The first-order valence-electron chi connectivity index (χ1n) is 4.84. The zero-order chi connectivity index (χ0) is 9.87. The summed E-state index contributed by atoms with van der Waals surface area (Å²) in [6.07, 6.45) is 5.09. The minimum atomic E-state index is -0.153. The van der Waals surface area contributed by atoms with Crippen LogP contribution in [0.25, 0.3) is 0 Å². The molecule has 3 aliphatic rings. The molecular weight excluding hydrogens is 182 g/mol. The molecule has 74 valence electrons. The first kappa shape index (κ1) is 8.17. The predicted molar refractivity (Wildman–Crippen MR) is 46.6 cm³/mol. The van der Waals surface area contributed by atoms with Crippen LogP contribution in [0.4, 0.5) is 0 Å². The van der Waals surface area contributed by atoms with Gasteiger partial charge in [0.1, 0.15) is 0 Å². The van der Waals surface area contributed by atoms with Gasteiger partial charge in [-0.05, 0) is 18.3 Å². The van der Waals surface area contributed by atoms with Crippen LogP contribution < -0.4 is 0 Å². The highest BCUT2D eigenvalue weighted by atomic mass is 16.7. The summed E-state index contributed by atoms with van der Waals surface area (Å²) in [7, 11) is 1.37. The molecule has 0 spiro atoms. The van der Waals surface area contributed by atoms with E-state index in [0.717, 1.165) is 11.5 Å². The normalized spacial score (nSPS) is 43.9. The average molecular weight is 193 g/mol. The van der Waals surface area contributed by atoms with Crippen molar-refractivity contribution >= 4 is 11.8 Å². The van der Waals surface area contributed by atoms with Crippen molar-refractivity contribution < 1.29 is 14.4 Å². The lowest BCUT2D eigenvalue weighted by molar-refractivity contribution is -0.182. The van der Waals surface area contributed by atoms with E-state index in [1.54, 1.807) is 0 Å². The summed E-state index contributed by atoms with van der Waals surface area (Å²) in [5, 5.41) is 0.932. The largest absolute Gasteiger partial charge is 0.272 e. The van der Waals surface area contributed by atoms with E-state index in [4.69, 9.17) is 4.84 Å². The van der Waals surface area contributed by atoms with Gasteiger partial charge in [0.25, 0.3) is 11.8 Å². The van der Waals surface area contributed by atoms with Crippen LogP contribution in [0.5, 0.6) is 0 Å². The highest BCUT2D eigenvalue weighted by Crippen LogP contribution is 2.52. The maximum absolute atomic E-state index is 11.8. The molecule has 0 aromatic carbocycles. The van der Waals surface area contributed by atoms with E-state index in [2.05, 4.69) is 12.2 Å². The second-order valence-corrected chi connectivity index (χ2v) is 4.15. The fourth-order valence-electron chi connectivity index (χ4n) is 3.05. The van der Waals surface area contributed by atoms with Gasteiger partial charge in [-0.1, -0.05) is 12.2 Å². The quantitative estimate of drug-likeness (QED) is 0.446. The Morgan fingerprint density at radius 3 is 2.14 bits per heavy atom. The molecule has 4 heteroatoms. The molecule has 2 aliphatic carbocycles. The molecule has 0 aromatic heterocycles. The van der Waals surface area contributed by atoms with Gasteiger partial charge in [0, 0.05) is 0 Å². The lowest BCUT2D eigenvalue weighted by Gasteiger charge is -2.13. The molecule has 14 heavy (non-hydrogen) atoms. The van der Waals surface area contributed by atoms with E-state index in [1.807, 2.05) is 0 Å². The molecule has 1 aliphatic heterocycles. The topological polar surface area (TPSA) is 46.6 Å². The molecule has 0 aromatic rings. The smallest absolute Gasteiger partial charge is 0.258 e. The number of hydroxylamine groups is 2. The van der Waals surface area contributed by atoms with Crippen molar-refractivity contribution in [3.63, 3.8) is 0 Å². The molecule has 2 bridgehead atoms. The molecule has 0 radical (unpaired) electrons. The fraction of sp³-hybridized carbons (Fsp3) is 0.600. The summed E-state index contributed by atoms with van der Waals surface area (Å²) in [5.41, 5.74) is 0. The summed E-state index contributed by atoms with van der Waals surface area (Å²) < 4.78 is 0. The van der Waals surface area contributed by atoms with E-state index in [9.17, 15) is 9.59 Å². The third-order valence-corrected chi connectivity index (χ3v) is 3.61. The summed E-state index contributed by atoms with van der Waals surface area (Å²) in [4.78, 5) is 28.3. The van der Waals surface area contributed by atoms with Gasteiger partial charge in [-0.2, -0.15) is 5.06 Å². The zero-order valence-corrected chi connectivity index (χ0v) is 7.84. The maximum atomic E-state index is 11.8. The molecule has 2 amide bonds. The van der Waals surface area contributed by atoms with Crippen LogP contribution >= 0.6 is 0 Å². The van der Waals surface area contributed by atoms with E-state index in [1.165, 1.54) is 7.11 Å². The second kappa shape index (κ2) is 2.45. The maximum Gasteiger partial charge on any atom is 0.258 e. The van der Waals surface area contributed by atoms with Crippen LogP contribution in [-0.4, -0.2) is 24.0 Å².